The molecule has 32 heavy (non-hydrogen) atoms. The van der Waals surface area contributed by atoms with Gasteiger partial charge in [0.15, 0.2) is 0 Å². The molecule has 0 aromatic heterocycles. The second-order valence-electron chi connectivity index (χ2n) is 8.54. The smallest absolute Gasteiger partial charge is 0.374 e. The Morgan fingerprint density at radius 1 is 1.19 bits per heavy atom. The molecule has 8 heteroatoms. The van der Waals surface area contributed by atoms with Gasteiger partial charge in [0.05, 0.1) is 18.3 Å². The average molecular weight is 452 g/mol. The molecule has 1 amide bonds. The molecule has 4 nitrogen and oxygen atoms in total. The first-order chi connectivity index (χ1) is 15.1. The van der Waals surface area contributed by atoms with Crippen molar-refractivity contribution in [2.75, 3.05) is 32.8 Å². The lowest BCUT2D eigenvalue weighted by Gasteiger charge is -2.36. The zero-order valence-electron chi connectivity index (χ0n) is 18.2. The van der Waals surface area contributed by atoms with Gasteiger partial charge >= 0.3 is 6.18 Å². The summed E-state index contributed by atoms with van der Waals surface area (Å²) in [5.74, 6) is -0.532. The predicted molar refractivity (Wildman–Crippen MR) is 114 cm³/mol. The summed E-state index contributed by atoms with van der Waals surface area (Å²) in [5.41, 5.74) is 0.196. The lowest BCUT2D eigenvalue weighted by atomic mass is 10.1. The van der Waals surface area contributed by atoms with Gasteiger partial charge in [-0.15, -0.1) is 0 Å². The van der Waals surface area contributed by atoms with Crippen LogP contribution in [0.4, 0.5) is 17.6 Å². The summed E-state index contributed by atoms with van der Waals surface area (Å²) < 4.78 is 58.5. The highest BCUT2D eigenvalue weighted by Crippen LogP contribution is 2.30. The fraction of sp³-hybridized carbons (Fsp3) is 0.458. The van der Waals surface area contributed by atoms with Gasteiger partial charge in [0.1, 0.15) is 5.82 Å². The quantitative estimate of drug-likeness (QED) is 0.564. The molecule has 2 aromatic carbocycles. The fourth-order valence-corrected chi connectivity index (χ4v) is 3.87. The van der Waals surface area contributed by atoms with E-state index in [1.54, 1.807) is 17.0 Å². The Morgan fingerprint density at radius 2 is 1.94 bits per heavy atom. The van der Waals surface area contributed by atoms with Crippen LogP contribution in [0.1, 0.15) is 35.3 Å². The van der Waals surface area contributed by atoms with Crippen molar-refractivity contribution < 1.29 is 27.1 Å². The molecule has 3 rings (SSSR count). The van der Waals surface area contributed by atoms with E-state index in [0.29, 0.717) is 44.9 Å². The molecular formula is C24H28F4N2O2. The number of carbonyl (C=O) groups excluding carboxylic acids is 1. The maximum Gasteiger partial charge on any atom is 0.416 e. The zero-order valence-corrected chi connectivity index (χ0v) is 18.2. The van der Waals surface area contributed by atoms with Gasteiger partial charge in [0.2, 0.25) is 0 Å². The Bertz CT molecular complexity index is 917. The van der Waals surface area contributed by atoms with Gasteiger partial charge in [-0.05, 0) is 35.7 Å². The second-order valence-corrected chi connectivity index (χ2v) is 8.54. The van der Waals surface area contributed by atoms with Crippen LogP contribution >= 0.6 is 0 Å². The molecule has 0 spiro atoms. The van der Waals surface area contributed by atoms with E-state index >= 15 is 0 Å². The van der Waals surface area contributed by atoms with Crippen LogP contribution in [-0.2, 0) is 17.5 Å². The van der Waals surface area contributed by atoms with Crippen LogP contribution in [0.25, 0.3) is 0 Å². The number of ether oxygens (including phenoxy) is 1. The summed E-state index contributed by atoms with van der Waals surface area (Å²) in [4.78, 5) is 16.7. The van der Waals surface area contributed by atoms with Gasteiger partial charge in [-0.1, -0.05) is 38.1 Å². The van der Waals surface area contributed by atoms with Crippen LogP contribution in [0.2, 0.25) is 0 Å². The molecule has 1 fully saturated rings. The molecule has 0 aliphatic carbocycles. The summed E-state index contributed by atoms with van der Waals surface area (Å²) >= 11 is 0. The van der Waals surface area contributed by atoms with Crippen LogP contribution < -0.4 is 0 Å². The first-order valence-corrected chi connectivity index (χ1v) is 10.7. The highest BCUT2D eigenvalue weighted by Gasteiger charge is 2.31. The standard InChI is InChI=1S/C24H28F4N2O2/c1-17(2)13-30(23(31)19-6-4-8-21(25)12-19)16-22-15-29(9-10-32-22)14-18-5-3-7-20(11-18)24(26,27)28/h3-8,11-12,17,22H,9-10,13-16H2,1-2H3/t22-/m1/s1. The van der Waals surface area contributed by atoms with Crippen LogP contribution in [0.15, 0.2) is 48.5 Å². The molecule has 0 bridgehead atoms. The van der Waals surface area contributed by atoms with Gasteiger partial charge in [-0.25, -0.2) is 4.39 Å². The van der Waals surface area contributed by atoms with E-state index in [0.717, 1.165) is 6.07 Å². The third kappa shape index (κ3) is 6.77. The maximum atomic E-state index is 13.6. The van der Waals surface area contributed by atoms with E-state index < -0.39 is 17.6 Å². The number of rotatable bonds is 7. The van der Waals surface area contributed by atoms with E-state index in [2.05, 4.69) is 0 Å². The first kappa shape index (κ1) is 24.2. The van der Waals surface area contributed by atoms with Crippen molar-refractivity contribution in [3.63, 3.8) is 0 Å². The van der Waals surface area contributed by atoms with E-state index in [-0.39, 0.29) is 23.5 Å². The minimum Gasteiger partial charge on any atom is -0.374 e. The maximum absolute atomic E-state index is 13.6. The topological polar surface area (TPSA) is 32.8 Å². The van der Waals surface area contributed by atoms with E-state index in [4.69, 9.17) is 4.74 Å². The molecule has 174 valence electrons. The van der Waals surface area contributed by atoms with Crippen LogP contribution in [-0.4, -0.2) is 54.6 Å². The largest absolute Gasteiger partial charge is 0.416 e. The van der Waals surface area contributed by atoms with Crippen molar-refractivity contribution >= 4 is 5.91 Å². The Morgan fingerprint density at radius 3 is 2.62 bits per heavy atom. The third-order valence-electron chi connectivity index (χ3n) is 5.25. The summed E-state index contributed by atoms with van der Waals surface area (Å²) in [6.07, 6.45) is -4.66. The molecule has 0 radical (unpaired) electrons. The molecule has 1 saturated heterocycles. The third-order valence-corrected chi connectivity index (χ3v) is 5.25. The lowest BCUT2D eigenvalue weighted by molar-refractivity contribution is -0.137. The van der Waals surface area contributed by atoms with Gasteiger partial charge < -0.3 is 9.64 Å². The number of benzene rings is 2. The Labute approximate surface area is 185 Å². The molecule has 1 heterocycles. The molecule has 0 saturated carbocycles. The lowest BCUT2D eigenvalue weighted by Crippen LogP contribution is -2.49. The van der Waals surface area contributed by atoms with Crippen molar-refractivity contribution in [1.82, 2.24) is 9.80 Å². The number of nitrogens with zero attached hydrogens (tertiary/aromatic N) is 2. The van der Waals surface area contributed by atoms with Crippen LogP contribution in [0.3, 0.4) is 0 Å². The summed E-state index contributed by atoms with van der Waals surface area (Å²) in [6, 6.07) is 10.9. The minimum atomic E-state index is -4.38. The molecule has 1 atom stereocenters. The molecule has 2 aromatic rings. The first-order valence-electron chi connectivity index (χ1n) is 10.7. The van der Waals surface area contributed by atoms with Crippen molar-refractivity contribution in [2.45, 2.75) is 32.7 Å². The van der Waals surface area contributed by atoms with Gasteiger partial charge in [-0.2, -0.15) is 13.2 Å². The highest BCUT2D eigenvalue weighted by molar-refractivity contribution is 5.94. The molecule has 1 aliphatic heterocycles. The number of hydrogen-bond donors (Lipinski definition) is 0. The van der Waals surface area contributed by atoms with Crippen molar-refractivity contribution in [3.05, 3.63) is 71.0 Å². The summed E-state index contributed by atoms with van der Waals surface area (Å²) in [7, 11) is 0. The van der Waals surface area contributed by atoms with Crippen molar-refractivity contribution in [1.29, 1.82) is 0 Å². The SMILES string of the molecule is CC(C)CN(C[C@H]1CN(Cc2cccc(C(F)(F)F)c2)CCO1)C(=O)c1cccc(F)c1. The number of morpholine rings is 1. The molecular weight excluding hydrogens is 424 g/mol. The van der Waals surface area contributed by atoms with Crippen molar-refractivity contribution in [3.8, 4) is 0 Å². The Hall–Kier alpha value is -2.45. The second kappa shape index (κ2) is 10.4. The van der Waals surface area contributed by atoms with E-state index in [9.17, 15) is 22.4 Å². The monoisotopic (exact) mass is 452 g/mol. The number of carbonyl (C=O) groups is 1. The fourth-order valence-electron chi connectivity index (χ4n) is 3.87. The van der Waals surface area contributed by atoms with Crippen LogP contribution in [0, 0.1) is 11.7 Å². The summed E-state index contributed by atoms with van der Waals surface area (Å²) in [5, 5.41) is 0. The minimum absolute atomic E-state index is 0.206. The van der Waals surface area contributed by atoms with E-state index in [1.165, 1.54) is 30.3 Å². The normalized spacial score (nSPS) is 17.5. The number of amides is 1. The predicted octanol–water partition coefficient (Wildman–Crippen LogP) is 4.84. The zero-order chi connectivity index (χ0) is 23.3. The van der Waals surface area contributed by atoms with Crippen LogP contribution in [0.5, 0.6) is 0 Å². The number of halogens is 4. The summed E-state index contributed by atoms with van der Waals surface area (Å²) in [6.45, 7) is 6.67. The van der Waals surface area contributed by atoms with Gasteiger partial charge in [0, 0.05) is 38.3 Å². The number of hydrogen-bond acceptors (Lipinski definition) is 3. The Balaban J connectivity index is 1.67. The van der Waals surface area contributed by atoms with Crippen molar-refractivity contribution in [2.24, 2.45) is 5.92 Å². The average Bonchev–Trinajstić information content (AvgIpc) is 2.72. The highest BCUT2D eigenvalue weighted by atomic mass is 19.4. The van der Waals surface area contributed by atoms with Gasteiger partial charge in [-0.3, -0.25) is 9.69 Å². The molecule has 1 aliphatic rings. The van der Waals surface area contributed by atoms with Gasteiger partial charge in [0.25, 0.3) is 5.91 Å². The molecule has 0 N–H and O–H groups in total. The molecule has 0 unspecified atom stereocenters. The van der Waals surface area contributed by atoms with E-state index in [1.807, 2.05) is 18.7 Å². The Kier molecular flexibility index (Phi) is 7.90. The number of alkyl halides is 3.